The van der Waals surface area contributed by atoms with Crippen molar-refractivity contribution in [3.63, 3.8) is 0 Å². The molecule has 96 valence electrons. The van der Waals surface area contributed by atoms with Gasteiger partial charge in [-0.25, -0.2) is 13.2 Å². The summed E-state index contributed by atoms with van der Waals surface area (Å²) in [5.74, 6) is -2.43. The molecule has 0 aliphatic carbocycles. The molecule has 0 atom stereocenters. The zero-order valence-corrected chi connectivity index (χ0v) is 10.0. The molecular weight excluding hydrogens is 227 g/mol. The van der Waals surface area contributed by atoms with Crippen LogP contribution in [-0.2, 0) is 6.42 Å². The topological polar surface area (TPSA) is 12.0 Å². The number of nitrogens with one attached hydrogen (secondary N) is 1. The molecule has 0 fully saturated rings. The molecule has 0 bridgehead atoms. The van der Waals surface area contributed by atoms with Crippen molar-refractivity contribution in [2.24, 2.45) is 0 Å². The summed E-state index contributed by atoms with van der Waals surface area (Å²) in [5, 5.41) is 3.18. The van der Waals surface area contributed by atoms with Gasteiger partial charge in [0.05, 0.1) is 0 Å². The zero-order chi connectivity index (χ0) is 12.7. The van der Waals surface area contributed by atoms with E-state index in [2.05, 4.69) is 5.32 Å². The monoisotopic (exact) mass is 245 g/mol. The average Bonchev–Trinajstić information content (AvgIpc) is 2.26. The van der Waals surface area contributed by atoms with Gasteiger partial charge in [-0.15, -0.1) is 0 Å². The fourth-order valence-corrected chi connectivity index (χ4v) is 1.72. The summed E-state index contributed by atoms with van der Waals surface area (Å²) in [4.78, 5) is 0. The van der Waals surface area contributed by atoms with E-state index in [0.717, 1.165) is 38.1 Å². The molecule has 0 spiro atoms. The minimum absolute atomic E-state index is 0.00477. The predicted octanol–water partition coefficient (Wildman–Crippen LogP) is 3.43. The maximum atomic E-state index is 13.2. The average molecular weight is 245 g/mol. The van der Waals surface area contributed by atoms with Gasteiger partial charge in [0.15, 0.2) is 0 Å². The molecule has 0 saturated carbocycles. The number of halogens is 3. The predicted molar refractivity (Wildman–Crippen MR) is 62.4 cm³/mol. The minimum atomic E-state index is -0.865. The Morgan fingerprint density at radius 2 is 1.65 bits per heavy atom. The van der Waals surface area contributed by atoms with Gasteiger partial charge in [-0.2, -0.15) is 0 Å². The first-order valence-corrected chi connectivity index (χ1v) is 5.99. The van der Waals surface area contributed by atoms with Crippen LogP contribution in [0.15, 0.2) is 12.1 Å². The Hall–Kier alpha value is -1.03. The number of rotatable bonds is 7. The SMILES string of the molecule is CCNCCCCCc1c(F)cc(F)cc1F. The molecule has 0 aliphatic heterocycles. The smallest absolute Gasteiger partial charge is 0.132 e. The fourth-order valence-electron chi connectivity index (χ4n) is 1.72. The lowest BCUT2D eigenvalue weighted by atomic mass is 10.1. The summed E-state index contributed by atoms with van der Waals surface area (Å²) >= 11 is 0. The molecule has 1 rings (SSSR count). The van der Waals surface area contributed by atoms with Crippen molar-refractivity contribution >= 4 is 0 Å². The van der Waals surface area contributed by atoms with Crippen LogP contribution in [0.1, 0.15) is 31.7 Å². The van der Waals surface area contributed by atoms with Crippen molar-refractivity contribution in [3.8, 4) is 0 Å². The highest BCUT2D eigenvalue weighted by Crippen LogP contribution is 2.17. The van der Waals surface area contributed by atoms with Gasteiger partial charge in [0.1, 0.15) is 17.5 Å². The third-order valence-corrected chi connectivity index (χ3v) is 2.64. The maximum absolute atomic E-state index is 13.2. The van der Waals surface area contributed by atoms with Crippen LogP contribution in [0.4, 0.5) is 13.2 Å². The van der Waals surface area contributed by atoms with E-state index in [4.69, 9.17) is 0 Å². The summed E-state index contributed by atoms with van der Waals surface area (Å²) < 4.78 is 39.1. The lowest BCUT2D eigenvalue weighted by molar-refractivity contribution is 0.515. The lowest BCUT2D eigenvalue weighted by Crippen LogP contribution is -2.13. The van der Waals surface area contributed by atoms with Crippen molar-refractivity contribution < 1.29 is 13.2 Å². The van der Waals surface area contributed by atoms with Gasteiger partial charge in [-0.3, -0.25) is 0 Å². The van der Waals surface area contributed by atoms with Crippen LogP contribution >= 0.6 is 0 Å². The highest BCUT2D eigenvalue weighted by atomic mass is 19.1. The van der Waals surface area contributed by atoms with Crippen LogP contribution in [0.2, 0.25) is 0 Å². The lowest BCUT2D eigenvalue weighted by Gasteiger charge is -2.05. The third kappa shape index (κ3) is 4.77. The second-order valence-electron chi connectivity index (χ2n) is 4.01. The molecule has 0 unspecified atom stereocenters. The third-order valence-electron chi connectivity index (χ3n) is 2.64. The van der Waals surface area contributed by atoms with E-state index in [9.17, 15) is 13.2 Å². The summed E-state index contributed by atoms with van der Waals surface area (Å²) in [7, 11) is 0. The molecule has 1 aromatic rings. The van der Waals surface area contributed by atoms with Crippen LogP contribution in [0.3, 0.4) is 0 Å². The molecule has 1 aromatic carbocycles. The van der Waals surface area contributed by atoms with E-state index in [1.165, 1.54) is 0 Å². The fraction of sp³-hybridized carbons (Fsp3) is 0.538. The Balaban J connectivity index is 2.36. The van der Waals surface area contributed by atoms with Crippen LogP contribution < -0.4 is 5.32 Å². The molecule has 4 heteroatoms. The molecule has 0 heterocycles. The van der Waals surface area contributed by atoms with Gasteiger partial charge in [0, 0.05) is 17.7 Å². The van der Waals surface area contributed by atoms with E-state index in [-0.39, 0.29) is 5.56 Å². The van der Waals surface area contributed by atoms with E-state index in [1.54, 1.807) is 0 Å². The second-order valence-corrected chi connectivity index (χ2v) is 4.01. The Bertz CT molecular complexity index is 330. The van der Waals surface area contributed by atoms with Crippen molar-refractivity contribution in [3.05, 3.63) is 35.1 Å². The van der Waals surface area contributed by atoms with E-state index >= 15 is 0 Å². The molecule has 0 saturated heterocycles. The van der Waals surface area contributed by atoms with Crippen LogP contribution in [-0.4, -0.2) is 13.1 Å². The molecule has 1 nitrogen and oxygen atoms in total. The number of hydrogen-bond acceptors (Lipinski definition) is 1. The molecule has 1 N–H and O–H groups in total. The van der Waals surface area contributed by atoms with Crippen LogP contribution in [0.25, 0.3) is 0 Å². The Labute approximate surface area is 100 Å². The summed E-state index contributed by atoms with van der Waals surface area (Å²) in [5.41, 5.74) is -0.00477. The first-order valence-electron chi connectivity index (χ1n) is 5.99. The van der Waals surface area contributed by atoms with Crippen molar-refractivity contribution in [2.75, 3.05) is 13.1 Å². The highest BCUT2D eigenvalue weighted by molar-refractivity contribution is 5.20. The van der Waals surface area contributed by atoms with Gasteiger partial charge >= 0.3 is 0 Å². The van der Waals surface area contributed by atoms with Crippen molar-refractivity contribution in [2.45, 2.75) is 32.6 Å². The highest BCUT2D eigenvalue weighted by Gasteiger charge is 2.10. The Kier molecular flexibility index (Phi) is 6.05. The number of unbranched alkanes of at least 4 members (excludes halogenated alkanes) is 2. The largest absolute Gasteiger partial charge is 0.317 e. The van der Waals surface area contributed by atoms with Crippen molar-refractivity contribution in [1.29, 1.82) is 0 Å². The number of hydrogen-bond donors (Lipinski definition) is 1. The van der Waals surface area contributed by atoms with Gasteiger partial charge in [-0.05, 0) is 32.4 Å². The summed E-state index contributed by atoms with van der Waals surface area (Å²) in [6.07, 6.45) is 2.93. The van der Waals surface area contributed by atoms with Crippen LogP contribution in [0, 0.1) is 17.5 Å². The normalized spacial score (nSPS) is 10.8. The first-order chi connectivity index (χ1) is 8.15. The number of benzene rings is 1. The van der Waals surface area contributed by atoms with Crippen molar-refractivity contribution in [1.82, 2.24) is 5.32 Å². The minimum Gasteiger partial charge on any atom is -0.317 e. The van der Waals surface area contributed by atoms with Gasteiger partial charge < -0.3 is 5.32 Å². The molecule has 0 radical (unpaired) electrons. The van der Waals surface area contributed by atoms with Gasteiger partial charge in [0.25, 0.3) is 0 Å². The van der Waals surface area contributed by atoms with Crippen LogP contribution in [0.5, 0.6) is 0 Å². The first kappa shape index (κ1) is 14.0. The van der Waals surface area contributed by atoms with E-state index in [0.29, 0.717) is 12.8 Å². The van der Waals surface area contributed by atoms with Gasteiger partial charge in [-0.1, -0.05) is 13.3 Å². The Morgan fingerprint density at radius 1 is 1.00 bits per heavy atom. The molecular formula is C13H18F3N. The van der Waals surface area contributed by atoms with E-state index in [1.807, 2.05) is 6.92 Å². The van der Waals surface area contributed by atoms with Gasteiger partial charge in [0.2, 0.25) is 0 Å². The standard InChI is InChI=1S/C13H18F3N/c1-2-17-7-5-3-4-6-11-12(15)8-10(14)9-13(11)16/h8-9,17H,2-7H2,1H3. The molecule has 0 aliphatic rings. The molecule has 0 aromatic heterocycles. The summed E-state index contributed by atoms with van der Waals surface area (Å²) in [6, 6.07) is 1.47. The zero-order valence-electron chi connectivity index (χ0n) is 10.0. The van der Waals surface area contributed by atoms with E-state index < -0.39 is 17.5 Å². The quantitative estimate of drug-likeness (QED) is 0.726. The molecule has 0 amide bonds. The maximum Gasteiger partial charge on any atom is 0.132 e. The Morgan fingerprint density at radius 3 is 2.24 bits per heavy atom. The summed E-state index contributed by atoms with van der Waals surface area (Å²) in [6.45, 7) is 3.88. The second kappa shape index (κ2) is 7.33. The molecule has 17 heavy (non-hydrogen) atoms.